The van der Waals surface area contributed by atoms with Crippen LogP contribution in [-0.4, -0.2) is 21.1 Å². The zero-order valence-corrected chi connectivity index (χ0v) is 12.5. The average Bonchev–Trinajstić information content (AvgIpc) is 2.72. The molecule has 1 saturated carbocycles. The van der Waals surface area contributed by atoms with E-state index in [0.29, 0.717) is 5.25 Å². The number of thioether (sulfide) groups is 1. The first-order chi connectivity index (χ1) is 8.56. The molecule has 0 aliphatic heterocycles. The number of aromatic nitrogens is 2. The molecule has 18 heavy (non-hydrogen) atoms. The highest BCUT2D eigenvalue weighted by Crippen LogP contribution is 2.41. The Hall–Kier alpha value is -0.480. The molecule has 1 aliphatic carbocycles. The number of nitrogens with zero attached hydrogens (tertiary/aromatic N) is 2. The van der Waals surface area contributed by atoms with E-state index < -0.39 is 0 Å². The molecule has 1 aromatic rings. The molecule has 3 nitrogen and oxygen atoms in total. The van der Waals surface area contributed by atoms with Crippen LogP contribution in [-0.2, 0) is 7.05 Å². The zero-order valence-electron chi connectivity index (χ0n) is 11.7. The third-order valence-corrected chi connectivity index (χ3v) is 5.57. The molecule has 4 heteroatoms. The molecule has 0 radical (unpaired) electrons. The van der Waals surface area contributed by atoms with Crippen LogP contribution in [0.3, 0.4) is 0 Å². The van der Waals surface area contributed by atoms with Crippen LogP contribution in [0.2, 0.25) is 0 Å². The average molecular weight is 267 g/mol. The van der Waals surface area contributed by atoms with Crippen molar-refractivity contribution in [2.75, 3.05) is 0 Å². The summed E-state index contributed by atoms with van der Waals surface area (Å²) in [5.74, 6) is 0.874. The van der Waals surface area contributed by atoms with Crippen molar-refractivity contribution in [2.24, 2.45) is 18.7 Å². The fraction of sp³-hybridized carbons (Fsp3) is 0.786. The minimum atomic E-state index is 0.177. The molecule has 0 spiro atoms. The van der Waals surface area contributed by atoms with Crippen LogP contribution < -0.4 is 5.73 Å². The maximum atomic E-state index is 6.17. The number of rotatable bonds is 4. The SMILES string of the molecule is CC1CCCC(SC(c2cnn(C)c2)C(C)N)C1. The van der Waals surface area contributed by atoms with Crippen molar-refractivity contribution in [2.45, 2.75) is 56.1 Å². The Kier molecular flexibility index (Phi) is 4.73. The highest BCUT2D eigenvalue weighted by atomic mass is 32.2. The maximum absolute atomic E-state index is 6.17. The summed E-state index contributed by atoms with van der Waals surface area (Å²) in [6.07, 6.45) is 9.53. The summed E-state index contributed by atoms with van der Waals surface area (Å²) < 4.78 is 1.87. The molecular formula is C14H25N3S. The van der Waals surface area contributed by atoms with Crippen molar-refractivity contribution in [1.29, 1.82) is 0 Å². The van der Waals surface area contributed by atoms with Crippen molar-refractivity contribution in [3.63, 3.8) is 0 Å². The summed E-state index contributed by atoms with van der Waals surface area (Å²) in [5.41, 5.74) is 7.45. The number of hydrogen-bond acceptors (Lipinski definition) is 3. The summed E-state index contributed by atoms with van der Waals surface area (Å²) in [5, 5.41) is 5.43. The van der Waals surface area contributed by atoms with E-state index in [1.165, 1.54) is 31.2 Å². The largest absolute Gasteiger partial charge is 0.327 e. The Morgan fingerprint density at radius 2 is 2.28 bits per heavy atom. The molecule has 2 rings (SSSR count). The molecule has 2 N–H and O–H groups in total. The summed E-state index contributed by atoms with van der Waals surface area (Å²) in [6, 6.07) is 0.177. The van der Waals surface area contributed by atoms with Gasteiger partial charge >= 0.3 is 0 Å². The van der Waals surface area contributed by atoms with Crippen LogP contribution in [0.25, 0.3) is 0 Å². The van der Waals surface area contributed by atoms with Crippen molar-refractivity contribution < 1.29 is 0 Å². The van der Waals surface area contributed by atoms with Gasteiger partial charge in [-0.05, 0) is 25.7 Å². The van der Waals surface area contributed by atoms with Crippen molar-refractivity contribution in [3.8, 4) is 0 Å². The molecule has 0 aromatic carbocycles. The van der Waals surface area contributed by atoms with Crippen LogP contribution in [0.15, 0.2) is 12.4 Å². The minimum absolute atomic E-state index is 0.177. The van der Waals surface area contributed by atoms with Gasteiger partial charge < -0.3 is 5.73 Å². The van der Waals surface area contributed by atoms with Crippen molar-refractivity contribution in [3.05, 3.63) is 18.0 Å². The van der Waals surface area contributed by atoms with Crippen molar-refractivity contribution in [1.82, 2.24) is 9.78 Å². The van der Waals surface area contributed by atoms with E-state index in [9.17, 15) is 0 Å². The zero-order chi connectivity index (χ0) is 13.1. The predicted molar refractivity (Wildman–Crippen MR) is 78.6 cm³/mol. The Balaban J connectivity index is 2.02. The summed E-state index contributed by atoms with van der Waals surface area (Å²) in [7, 11) is 1.97. The van der Waals surface area contributed by atoms with E-state index in [4.69, 9.17) is 5.73 Å². The van der Waals surface area contributed by atoms with Gasteiger partial charge in [-0.3, -0.25) is 4.68 Å². The highest BCUT2D eigenvalue weighted by molar-refractivity contribution is 8.00. The lowest BCUT2D eigenvalue weighted by molar-refractivity contribution is 0.393. The van der Waals surface area contributed by atoms with Crippen LogP contribution in [0, 0.1) is 5.92 Å². The first kappa shape index (κ1) is 13.9. The van der Waals surface area contributed by atoms with Crippen LogP contribution in [0.4, 0.5) is 0 Å². The maximum Gasteiger partial charge on any atom is 0.0533 e. The smallest absolute Gasteiger partial charge is 0.0533 e. The fourth-order valence-electron chi connectivity index (χ4n) is 2.80. The van der Waals surface area contributed by atoms with E-state index in [1.807, 2.05) is 17.9 Å². The van der Waals surface area contributed by atoms with E-state index in [-0.39, 0.29) is 6.04 Å². The standard InChI is InChI=1S/C14H25N3S/c1-10-5-4-6-13(7-10)18-14(11(2)15)12-8-16-17(3)9-12/h8-11,13-14H,4-7,15H2,1-3H3. The molecule has 1 fully saturated rings. The Bertz CT molecular complexity index is 375. The van der Waals surface area contributed by atoms with Crippen LogP contribution >= 0.6 is 11.8 Å². The second-order valence-electron chi connectivity index (χ2n) is 5.76. The molecule has 4 atom stereocenters. The minimum Gasteiger partial charge on any atom is -0.327 e. The molecule has 4 unspecified atom stereocenters. The van der Waals surface area contributed by atoms with Gasteiger partial charge in [-0.15, -0.1) is 11.8 Å². The summed E-state index contributed by atoms with van der Waals surface area (Å²) in [6.45, 7) is 4.48. The summed E-state index contributed by atoms with van der Waals surface area (Å²) in [4.78, 5) is 0. The van der Waals surface area contributed by atoms with Gasteiger partial charge in [0.15, 0.2) is 0 Å². The third-order valence-electron chi connectivity index (χ3n) is 3.76. The van der Waals surface area contributed by atoms with Crippen LogP contribution in [0.1, 0.15) is 50.3 Å². The van der Waals surface area contributed by atoms with Gasteiger partial charge in [-0.2, -0.15) is 5.10 Å². The van der Waals surface area contributed by atoms with E-state index in [0.717, 1.165) is 11.2 Å². The van der Waals surface area contributed by atoms with Crippen LogP contribution in [0.5, 0.6) is 0 Å². The Labute approximate surface area is 115 Å². The van der Waals surface area contributed by atoms with Crippen molar-refractivity contribution >= 4 is 11.8 Å². The third kappa shape index (κ3) is 3.51. The summed E-state index contributed by atoms with van der Waals surface area (Å²) >= 11 is 2.07. The van der Waals surface area contributed by atoms with Gasteiger partial charge in [0.25, 0.3) is 0 Å². The highest BCUT2D eigenvalue weighted by Gasteiger charge is 2.26. The monoisotopic (exact) mass is 267 g/mol. The normalized spacial score (nSPS) is 28.0. The first-order valence-corrected chi connectivity index (χ1v) is 7.90. The van der Waals surface area contributed by atoms with Gasteiger partial charge in [-0.1, -0.05) is 19.8 Å². The lowest BCUT2D eigenvalue weighted by Crippen LogP contribution is -2.26. The van der Waals surface area contributed by atoms with Gasteiger partial charge in [0.1, 0.15) is 0 Å². The lowest BCUT2D eigenvalue weighted by Gasteiger charge is -2.30. The van der Waals surface area contributed by atoms with E-state index in [2.05, 4.69) is 36.9 Å². The molecule has 102 valence electrons. The fourth-order valence-corrected chi connectivity index (χ4v) is 4.49. The van der Waals surface area contributed by atoms with E-state index >= 15 is 0 Å². The number of aryl methyl sites for hydroxylation is 1. The lowest BCUT2D eigenvalue weighted by atomic mass is 9.90. The first-order valence-electron chi connectivity index (χ1n) is 6.96. The Morgan fingerprint density at radius 3 is 2.83 bits per heavy atom. The molecule has 1 aromatic heterocycles. The molecular weight excluding hydrogens is 242 g/mol. The number of nitrogens with two attached hydrogens (primary N) is 1. The van der Waals surface area contributed by atoms with Gasteiger partial charge in [0.05, 0.1) is 6.20 Å². The quantitative estimate of drug-likeness (QED) is 0.911. The second kappa shape index (κ2) is 6.11. The molecule has 1 heterocycles. The predicted octanol–water partition coefficient (Wildman–Crippen LogP) is 3.12. The topological polar surface area (TPSA) is 43.8 Å². The molecule has 1 aliphatic rings. The molecule has 0 amide bonds. The van der Waals surface area contributed by atoms with Gasteiger partial charge in [0.2, 0.25) is 0 Å². The molecule has 0 bridgehead atoms. The van der Waals surface area contributed by atoms with Gasteiger partial charge in [-0.25, -0.2) is 0 Å². The number of hydrogen-bond donors (Lipinski definition) is 1. The van der Waals surface area contributed by atoms with E-state index in [1.54, 1.807) is 0 Å². The molecule has 0 saturated heterocycles. The van der Waals surface area contributed by atoms with Gasteiger partial charge in [0, 0.05) is 35.3 Å². The second-order valence-corrected chi connectivity index (χ2v) is 7.20. The Morgan fingerprint density at radius 1 is 1.50 bits per heavy atom.